The Kier molecular flexibility index (Phi) is 4.70. The van der Waals surface area contributed by atoms with E-state index in [1.54, 1.807) is 0 Å². The van der Waals surface area contributed by atoms with E-state index in [0.717, 1.165) is 17.1 Å². The third-order valence-corrected chi connectivity index (χ3v) is 4.21. The lowest BCUT2D eigenvalue weighted by molar-refractivity contribution is 0.0921. The first-order valence-electron chi connectivity index (χ1n) is 8.13. The van der Waals surface area contributed by atoms with Gasteiger partial charge in [-0.2, -0.15) is 0 Å². The lowest BCUT2D eigenvalue weighted by atomic mass is 10.1. The Morgan fingerprint density at radius 3 is 2.28 bits per heavy atom. The molecule has 0 fully saturated rings. The summed E-state index contributed by atoms with van der Waals surface area (Å²) in [5.41, 5.74) is 4.73. The fraction of sp³-hybridized carbons (Fsp3) is 0.190. The summed E-state index contributed by atoms with van der Waals surface area (Å²) in [6, 6.07) is 15.7. The lowest BCUT2D eigenvalue weighted by Crippen LogP contribution is -2.12. The average molecular weight is 337 g/mol. The molecule has 3 nitrogen and oxygen atoms in total. The predicted molar refractivity (Wildman–Crippen MR) is 96.2 cm³/mol. The molecule has 0 amide bonds. The van der Waals surface area contributed by atoms with Crippen molar-refractivity contribution in [3.05, 3.63) is 82.9 Å². The first-order valence-corrected chi connectivity index (χ1v) is 8.13. The van der Waals surface area contributed by atoms with Gasteiger partial charge in [-0.3, -0.25) is 4.79 Å². The van der Waals surface area contributed by atoms with Crippen LogP contribution in [0.5, 0.6) is 5.75 Å². The minimum atomic E-state index is -0.333. The summed E-state index contributed by atoms with van der Waals surface area (Å²) in [5, 5.41) is 0. The number of aryl methyl sites for hydroxylation is 2. The van der Waals surface area contributed by atoms with Crippen LogP contribution >= 0.6 is 0 Å². The molecule has 0 saturated carbocycles. The summed E-state index contributed by atoms with van der Waals surface area (Å²) >= 11 is 0. The van der Waals surface area contributed by atoms with E-state index in [1.807, 2.05) is 51.1 Å². The van der Waals surface area contributed by atoms with Crippen LogP contribution in [0.4, 0.5) is 4.39 Å². The fourth-order valence-electron chi connectivity index (χ4n) is 2.89. The van der Waals surface area contributed by atoms with Crippen molar-refractivity contribution >= 4 is 5.78 Å². The van der Waals surface area contributed by atoms with Crippen LogP contribution < -0.4 is 4.74 Å². The molecule has 0 aliphatic rings. The molecule has 3 rings (SSSR count). The molecule has 0 bridgehead atoms. The zero-order chi connectivity index (χ0) is 18.0. The summed E-state index contributed by atoms with van der Waals surface area (Å²) in [4.78, 5) is 12.5. The second kappa shape index (κ2) is 6.93. The molecule has 128 valence electrons. The summed E-state index contributed by atoms with van der Waals surface area (Å²) in [5.74, 6) is 0.0400. The number of Topliss-reactive ketones (excluding diaryl/α,β-unsaturated/α-hetero) is 1. The van der Waals surface area contributed by atoms with Gasteiger partial charge in [0.25, 0.3) is 0 Å². The molecule has 0 spiro atoms. The summed E-state index contributed by atoms with van der Waals surface area (Å²) in [7, 11) is 0. The van der Waals surface area contributed by atoms with Crippen LogP contribution in [0.25, 0.3) is 5.69 Å². The second-order valence-corrected chi connectivity index (χ2v) is 6.12. The van der Waals surface area contributed by atoms with Gasteiger partial charge in [-0.25, -0.2) is 4.39 Å². The third-order valence-electron chi connectivity index (χ3n) is 4.21. The van der Waals surface area contributed by atoms with Gasteiger partial charge in [-0.05, 0) is 63.2 Å². The monoisotopic (exact) mass is 337 g/mol. The largest absolute Gasteiger partial charge is 0.485 e. The van der Waals surface area contributed by atoms with E-state index in [2.05, 4.69) is 4.57 Å². The number of carbonyl (C=O) groups excluding carboxylic acids is 1. The molecule has 0 unspecified atom stereocenters. The van der Waals surface area contributed by atoms with Crippen molar-refractivity contribution in [3.63, 3.8) is 0 Å². The SMILES string of the molecule is Cc1ccc(-n2c(C)cc(C(=O)COc3ccc(F)cc3)c2C)cc1. The molecule has 2 aromatic carbocycles. The molecular formula is C21H20FNO2. The summed E-state index contributed by atoms with van der Waals surface area (Å²) in [6.07, 6.45) is 0. The van der Waals surface area contributed by atoms with E-state index >= 15 is 0 Å². The molecule has 3 aromatic rings. The van der Waals surface area contributed by atoms with Crippen LogP contribution in [0, 0.1) is 26.6 Å². The Hall–Kier alpha value is -2.88. The molecule has 4 heteroatoms. The van der Waals surface area contributed by atoms with Gasteiger partial charge >= 0.3 is 0 Å². The fourth-order valence-corrected chi connectivity index (χ4v) is 2.89. The molecule has 0 atom stereocenters. The van der Waals surface area contributed by atoms with Crippen LogP contribution in [0.2, 0.25) is 0 Å². The molecule has 0 radical (unpaired) electrons. The van der Waals surface area contributed by atoms with Gasteiger partial charge in [-0.1, -0.05) is 17.7 Å². The van der Waals surface area contributed by atoms with Crippen molar-refractivity contribution in [1.29, 1.82) is 0 Å². The maximum absolute atomic E-state index is 12.9. The number of aromatic nitrogens is 1. The Labute approximate surface area is 146 Å². The van der Waals surface area contributed by atoms with Gasteiger partial charge in [-0.15, -0.1) is 0 Å². The van der Waals surface area contributed by atoms with E-state index in [9.17, 15) is 9.18 Å². The number of halogens is 1. The number of carbonyl (C=O) groups is 1. The van der Waals surface area contributed by atoms with E-state index in [4.69, 9.17) is 4.74 Å². The van der Waals surface area contributed by atoms with Gasteiger partial charge in [0.15, 0.2) is 6.61 Å². The smallest absolute Gasteiger partial charge is 0.202 e. The maximum Gasteiger partial charge on any atom is 0.202 e. The zero-order valence-corrected chi connectivity index (χ0v) is 14.5. The van der Waals surface area contributed by atoms with Gasteiger partial charge in [0, 0.05) is 22.6 Å². The predicted octanol–water partition coefficient (Wildman–Crippen LogP) is 4.80. The number of hydrogen-bond donors (Lipinski definition) is 0. The molecule has 0 aliphatic heterocycles. The number of ketones is 1. The van der Waals surface area contributed by atoms with Gasteiger partial charge in [0.05, 0.1) is 0 Å². The number of benzene rings is 2. The minimum absolute atomic E-state index is 0.0795. The number of ether oxygens (including phenoxy) is 1. The average Bonchev–Trinajstić information content (AvgIpc) is 2.90. The van der Waals surface area contributed by atoms with Crippen molar-refractivity contribution in [2.75, 3.05) is 6.61 Å². The first kappa shape index (κ1) is 17.0. The normalized spacial score (nSPS) is 10.7. The second-order valence-electron chi connectivity index (χ2n) is 6.12. The zero-order valence-electron chi connectivity index (χ0n) is 14.5. The Morgan fingerprint density at radius 2 is 1.64 bits per heavy atom. The highest BCUT2D eigenvalue weighted by atomic mass is 19.1. The van der Waals surface area contributed by atoms with E-state index in [0.29, 0.717) is 11.3 Å². The third kappa shape index (κ3) is 3.63. The topological polar surface area (TPSA) is 31.2 Å². The highest BCUT2D eigenvalue weighted by Gasteiger charge is 2.17. The van der Waals surface area contributed by atoms with Crippen molar-refractivity contribution < 1.29 is 13.9 Å². The van der Waals surface area contributed by atoms with Crippen LogP contribution in [-0.4, -0.2) is 17.0 Å². The molecule has 25 heavy (non-hydrogen) atoms. The van der Waals surface area contributed by atoms with Crippen LogP contribution in [0.1, 0.15) is 27.3 Å². The molecule has 0 saturated heterocycles. The van der Waals surface area contributed by atoms with E-state index in [-0.39, 0.29) is 18.2 Å². The highest BCUT2D eigenvalue weighted by Crippen LogP contribution is 2.22. The van der Waals surface area contributed by atoms with E-state index < -0.39 is 0 Å². The standard InChI is InChI=1S/C21H20FNO2/c1-14-4-8-18(9-5-14)23-15(2)12-20(16(23)3)21(24)13-25-19-10-6-17(22)7-11-19/h4-12H,13H2,1-3H3. The number of hydrogen-bond acceptors (Lipinski definition) is 2. The first-order chi connectivity index (χ1) is 12.0. The van der Waals surface area contributed by atoms with Crippen LogP contribution in [0.15, 0.2) is 54.6 Å². The van der Waals surface area contributed by atoms with Crippen molar-refractivity contribution in [2.45, 2.75) is 20.8 Å². The van der Waals surface area contributed by atoms with Crippen LogP contribution in [0.3, 0.4) is 0 Å². The minimum Gasteiger partial charge on any atom is -0.485 e. The Balaban J connectivity index is 1.80. The molecule has 1 heterocycles. The van der Waals surface area contributed by atoms with E-state index in [1.165, 1.54) is 29.8 Å². The molecular weight excluding hydrogens is 317 g/mol. The molecule has 0 N–H and O–H groups in total. The van der Waals surface area contributed by atoms with Crippen molar-refractivity contribution in [3.8, 4) is 11.4 Å². The van der Waals surface area contributed by atoms with Crippen LogP contribution in [-0.2, 0) is 0 Å². The van der Waals surface area contributed by atoms with Crippen molar-refractivity contribution in [1.82, 2.24) is 4.57 Å². The van der Waals surface area contributed by atoms with Crippen molar-refractivity contribution in [2.24, 2.45) is 0 Å². The van der Waals surface area contributed by atoms with Gasteiger partial charge < -0.3 is 9.30 Å². The Bertz CT molecular complexity index is 893. The summed E-state index contributed by atoms with van der Waals surface area (Å²) < 4.78 is 20.4. The number of nitrogens with zero attached hydrogens (tertiary/aromatic N) is 1. The quantitative estimate of drug-likeness (QED) is 0.626. The van der Waals surface area contributed by atoms with Gasteiger partial charge in [0.1, 0.15) is 11.6 Å². The molecule has 0 aliphatic carbocycles. The highest BCUT2D eigenvalue weighted by molar-refractivity contribution is 5.98. The molecule has 1 aromatic heterocycles. The Morgan fingerprint density at radius 1 is 1.00 bits per heavy atom. The summed E-state index contributed by atoms with van der Waals surface area (Å²) in [6.45, 7) is 5.87. The van der Waals surface area contributed by atoms with Gasteiger partial charge in [0.2, 0.25) is 5.78 Å². The number of rotatable bonds is 5. The maximum atomic E-state index is 12.9. The lowest BCUT2D eigenvalue weighted by Gasteiger charge is -2.10.